The first kappa shape index (κ1) is 17.5. The molecule has 2 aliphatic carbocycles. The lowest BCUT2D eigenvalue weighted by atomic mass is 9.88. The van der Waals surface area contributed by atoms with Crippen LogP contribution >= 0.6 is 0 Å². The van der Waals surface area contributed by atoms with Crippen LogP contribution in [0.15, 0.2) is 30.7 Å². The van der Waals surface area contributed by atoms with Gasteiger partial charge in [0.1, 0.15) is 5.82 Å². The Hall–Kier alpha value is -2.94. The number of hydrogen-bond donors (Lipinski definition) is 4. The molecule has 2 aromatic heterocycles. The van der Waals surface area contributed by atoms with E-state index in [0.717, 1.165) is 17.7 Å². The molecular formula is C18H23N7O2. The zero-order valence-corrected chi connectivity index (χ0v) is 15.0. The molecule has 0 saturated heterocycles. The van der Waals surface area contributed by atoms with Gasteiger partial charge in [-0.15, -0.1) is 0 Å². The summed E-state index contributed by atoms with van der Waals surface area (Å²) >= 11 is 0. The van der Waals surface area contributed by atoms with Gasteiger partial charge < -0.3 is 21.5 Å². The molecule has 2 bridgehead atoms. The Morgan fingerprint density at radius 2 is 2.19 bits per heavy atom. The van der Waals surface area contributed by atoms with E-state index < -0.39 is 0 Å². The van der Waals surface area contributed by atoms with E-state index in [2.05, 4.69) is 37.9 Å². The number of carbonyl (C=O) groups excluding carboxylic acids is 1. The lowest BCUT2D eigenvalue weighted by Gasteiger charge is -2.27. The van der Waals surface area contributed by atoms with Crippen LogP contribution in [0.2, 0.25) is 0 Å². The summed E-state index contributed by atoms with van der Waals surface area (Å²) in [6.07, 6.45) is 10.4. The highest BCUT2D eigenvalue weighted by molar-refractivity contribution is 5.79. The molecule has 0 radical (unpaired) electrons. The number of allylic oxidation sites excluding steroid dienone is 1. The predicted molar refractivity (Wildman–Crippen MR) is 100 cm³/mol. The number of aromatic nitrogens is 4. The van der Waals surface area contributed by atoms with E-state index >= 15 is 0 Å². The minimum atomic E-state index is -0.272. The largest absolute Gasteiger partial charge is 0.394 e. The first-order valence-corrected chi connectivity index (χ1v) is 9.03. The van der Waals surface area contributed by atoms with Gasteiger partial charge in [-0.05, 0) is 25.2 Å². The lowest BCUT2D eigenvalue weighted by Crippen LogP contribution is -2.41. The number of hydrogen-bond acceptors (Lipinski definition) is 7. The maximum Gasteiger partial charge on any atom is 0.229 e. The Morgan fingerprint density at radius 1 is 1.37 bits per heavy atom. The van der Waals surface area contributed by atoms with Crippen molar-refractivity contribution >= 4 is 23.4 Å². The van der Waals surface area contributed by atoms with Gasteiger partial charge in [0.15, 0.2) is 0 Å². The zero-order valence-electron chi connectivity index (χ0n) is 15.0. The molecule has 9 heteroatoms. The number of aryl methyl sites for hydroxylation is 1. The third-order valence-corrected chi connectivity index (χ3v) is 5.28. The Morgan fingerprint density at radius 3 is 2.96 bits per heavy atom. The van der Waals surface area contributed by atoms with Crippen molar-refractivity contribution in [3.8, 4) is 0 Å². The fourth-order valence-electron chi connectivity index (χ4n) is 4.00. The van der Waals surface area contributed by atoms with Gasteiger partial charge in [-0.1, -0.05) is 12.2 Å². The molecule has 9 nitrogen and oxygen atoms in total. The molecule has 1 saturated carbocycles. The van der Waals surface area contributed by atoms with E-state index in [4.69, 9.17) is 10.8 Å². The molecule has 1 amide bonds. The van der Waals surface area contributed by atoms with E-state index in [9.17, 15) is 4.79 Å². The fourth-order valence-corrected chi connectivity index (χ4v) is 4.00. The van der Waals surface area contributed by atoms with Crippen LogP contribution in [0.25, 0.3) is 0 Å². The molecule has 0 aliphatic heterocycles. The summed E-state index contributed by atoms with van der Waals surface area (Å²) in [6.45, 7) is 2.37. The smallest absolute Gasteiger partial charge is 0.229 e. The summed E-state index contributed by atoms with van der Waals surface area (Å²) in [6, 6.07) is -0.0498. The molecule has 27 heavy (non-hydrogen) atoms. The number of nitrogens with two attached hydrogens (primary N) is 1. The summed E-state index contributed by atoms with van der Waals surface area (Å²) in [5.74, 6) is 1.12. The number of anilines is 3. The van der Waals surface area contributed by atoms with Gasteiger partial charge in [-0.2, -0.15) is 10.1 Å². The summed E-state index contributed by atoms with van der Waals surface area (Å²) < 4.78 is 1.63. The molecule has 5 N–H and O–H groups in total. The van der Waals surface area contributed by atoms with Crippen molar-refractivity contribution in [3.63, 3.8) is 0 Å². The highest BCUT2D eigenvalue weighted by atomic mass is 16.3. The first-order chi connectivity index (χ1) is 13.0. The van der Waals surface area contributed by atoms with Crippen LogP contribution in [0.5, 0.6) is 0 Å². The number of amides is 1. The number of rotatable bonds is 7. The van der Waals surface area contributed by atoms with Gasteiger partial charge in [-0.3, -0.25) is 9.48 Å². The zero-order chi connectivity index (χ0) is 19.0. The quantitative estimate of drug-likeness (QED) is 0.531. The summed E-state index contributed by atoms with van der Waals surface area (Å²) in [4.78, 5) is 20.8. The second-order valence-electron chi connectivity index (χ2n) is 7.11. The molecule has 0 unspecified atom stereocenters. The van der Waals surface area contributed by atoms with Gasteiger partial charge in [0.25, 0.3) is 0 Å². The molecular weight excluding hydrogens is 346 g/mol. The number of carbonyl (C=O) groups is 1. The monoisotopic (exact) mass is 369 g/mol. The fraction of sp³-hybridized carbons (Fsp3) is 0.444. The highest BCUT2D eigenvalue weighted by Crippen LogP contribution is 2.44. The van der Waals surface area contributed by atoms with E-state index in [1.807, 2.05) is 6.92 Å². The predicted octanol–water partition coefficient (Wildman–Crippen LogP) is 0.805. The lowest BCUT2D eigenvalue weighted by molar-refractivity contribution is -0.122. The van der Waals surface area contributed by atoms with Crippen LogP contribution in [0.3, 0.4) is 0 Å². The Labute approximate surface area is 156 Å². The van der Waals surface area contributed by atoms with Crippen LogP contribution < -0.4 is 16.4 Å². The number of aliphatic hydroxyl groups is 1. The second-order valence-corrected chi connectivity index (χ2v) is 7.11. The van der Waals surface area contributed by atoms with Crippen molar-refractivity contribution in [2.45, 2.75) is 25.9 Å². The number of aliphatic hydroxyl groups excluding tert-OH is 1. The van der Waals surface area contributed by atoms with Gasteiger partial charge in [0, 0.05) is 24.0 Å². The molecule has 0 spiro atoms. The maximum absolute atomic E-state index is 11.9. The van der Waals surface area contributed by atoms with E-state index in [1.165, 1.54) is 0 Å². The van der Waals surface area contributed by atoms with Gasteiger partial charge in [0.2, 0.25) is 11.9 Å². The van der Waals surface area contributed by atoms with Crippen molar-refractivity contribution in [1.29, 1.82) is 0 Å². The van der Waals surface area contributed by atoms with Crippen molar-refractivity contribution in [1.82, 2.24) is 19.7 Å². The molecule has 4 atom stereocenters. The standard InChI is InChI=1S/C18H23N7O2/c1-10-7-20-18(22-13-8-21-25(9-13)4-5-26)24-17(10)23-15-12-3-2-11(6-12)14(15)16(19)27/h2-3,7-9,11-12,14-15,26H,4-6H2,1H3,(H2,19,27)(H2,20,22,23,24)/t11-,12+,14+,15-/m0/s1. The third-order valence-electron chi connectivity index (χ3n) is 5.28. The number of primary amides is 1. The minimum Gasteiger partial charge on any atom is -0.394 e. The summed E-state index contributed by atoms with van der Waals surface area (Å²) in [7, 11) is 0. The highest BCUT2D eigenvalue weighted by Gasteiger charge is 2.47. The number of nitrogens with zero attached hydrogens (tertiary/aromatic N) is 4. The number of fused-ring (bicyclic) bond motifs is 2. The maximum atomic E-state index is 11.9. The van der Waals surface area contributed by atoms with Crippen molar-refractivity contribution in [2.24, 2.45) is 23.5 Å². The van der Waals surface area contributed by atoms with E-state index in [1.54, 1.807) is 23.3 Å². The Kier molecular flexibility index (Phi) is 4.53. The van der Waals surface area contributed by atoms with Gasteiger partial charge in [-0.25, -0.2) is 4.98 Å². The topological polar surface area (TPSA) is 131 Å². The van der Waals surface area contributed by atoms with Crippen molar-refractivity contribution in [2.75, 3.05) is 17.2 Å². The average molecular weight is 369 g/mol. The Bertz CT molecular complexity index is 878. The second kappa shape index (κ2) is 6.99. The molecule has 2 aliphatic rings. The van der Waals surface area contributed by atoms with Crippen LogP contribution in [0.1, 0.15) is 12.0 Å². The van der Waals surface area contributed by atoms with Crippen LogP contribution in [0.4, 0.5) is 17.5 Å². The average Bonchev–Trinajstić information content (AvgIpc) is 3.34. The van der Waals surface area contributed by atoms with Crippen LogP contribution in [-0.2, 0) is 11.3 Å². The van der Waals surface area contributed by atoms with Crippen LogP contribution in [0, 0.1) is 24.7 Å². The van der Waals surface area contributed by atoms with Crippen molar-refractivity contribution in [3.05, 3.63) is 36.3 Å². The van der Waals surface area contributed by atoms with Crippen LogP contribution in [-0.4, -0.2) is 43.4 Å². The Balaban J connectivity index is 1.52. The molecule has 142 valence electrons. The SMILES string of the molecule is Cc1cnc(Nc2cnn(CCO)c2)nc1N[C@@H]1[C@H](C(N)=O)[C@H]2C=C[C@@H]1C2. The summed E-state index contributed by atoms with van der Waals surface area (Å²) in [5, 5.41) is 19.7. The summed E-state index contributed by atoms with van der Waals surface area (Å²) in [5.41, 5.74) is 7.27. The molecule has 1 fully saturated rings. The van der Waals surface area contributed by atoms with E-state index in [-0.39, 0.29) is 36.3 Å². The molecule has 2 heterocycles. The van der Waals surface area contributed by atoms with Gasteiger partial charge >= 0.3 is 0 Å². The normalized spacial score (nSPS) is 25.7. The number of nitrogens with one attached hydrogen (secondary N) is 2. The molecule has 2 aromatic rings. The van der Waals surface area contributed by atoms with Crippen molar-refractivity contribution < 1.29 is 9.90 Å². The molecule has 0 aromatic carbocycles. The third kappa shape index (κ3) is 3.37. The minimum absolute atomic E-state index is 0.0231. The van der Waals surface area contributed by atoms with Gasteiger partial charge in [0.05, 0.1) is 31.0 Å². The first-order valence-electron chi connectivity index (χ1n) is 9.03. The molecule has 4 rings (SSSR count). The van der Waals surface area contributed by atoms with E-state index in [0.29, 0.717) is 18.3 Å².